The summed E-state index contributed by atoms with van der Waals surface area (Å²) in [7, 11) is 0. The molecule has 1 aliphatic carbocycles. The standard InChI is InChI=1S/C16H25ClN2/c1-12(2)10-16(6-3-4-7-16)15(18)9-13-5-8-19-11-14(13)17/h5,8,11-12,15H,3-4,6-7,9-10,18H2,1-2H3. The van der Waals surface area contributed by atoms with Gasteiger partial charge in [0.25, 0.3) is 0 Å². The number of pyridine rings is 1. The third-order valence-corrected chi connectivity index (χ3v) is 4.84. The van der Waals surface area contributed by atoms with Crippen molar-refractivity contribution in [2.24, 2.45) is 17.1 Å². The molecule has 0 aromatic carbocycles. The molecule has 1 aromatic heterocycles. The van der Waals surface area contributed by atoms with Crippen LogP contribution in [0.15, 0.2) is 18.5 Å². The number of nitrogens with two attached hydrogens (primary N) is 1. The fourth-order valence-electron chi connectivity index (χ4n) is 3.64. The third kappa shape index (κ3) is 3.49. The molecule has 0 amide bonds. The highest BCUT2D eigenvalue weighted by Crippen LogP contribution is 2.46. The van der Waals surface area contributed by atoms with Gasteiger partial charge in [-0.25, -0.2) is 0 Å². The maximum absolute atomic E-state index is 6.58. The number of hydrogen-bond donors (Lipinski definition) is 1. The van der Waals surface area contributed by atoms with Crippen molar-refractivity contribution in [1.82, 2.24) is 4.98 Å². The molecule has 0 bridgehead atoms. The molecule has 2 nitrogen and oxygen atoms in total. The summed E-state index contributed by atoms with van der Waals surface area (Å²) in [6.45, 7) is 4.60. The predicted molar refractivity (Wildman–Crippen MR) is 81.3 cm³/mol. The lowest BCUT2D eigenvalue weighted by Crippen LogP contribution is -2.42. The van der Waals surface area contributed by atoms with Gasteiger partial charge in [-0.1, -0.05) is 38.3 Å². The minimum Gasteiger partial charge on any atom is -0.327 e. The predicted octanol–water partition coefficient (Wildman–Crippen LogP) is 4.21. The van der Waals surface area contributed by atoms with E-state index in [0.29, 0.717) is 11.3 Å². The molecular formula is C16H25ClN2. The molecule has 3 heteroatoms. The Labute approximate surface area is 121 Å². The summed E-state index contributed by atoms with van der Waals surface area (Å²) in [5.41, 5.74) is 8.04. The summed E-state index contributed by atoms with van der Waals surface area (Å²) in [4.78, 5) is 4.04. The Hall–Kier alpha value is -0.600. The highest BCUT2D eigenvalue weighted by atomic mass is 35.5. The van der Waals surface area contributed by atoms with Crippen LogP contribution < -0.4 is 5.73 Å². The summed E-state index contributed by atoms with van der Waals surface area (Å²) >= 11 is 6.21. The molecule has 1 fully saturated rings. The van der Waals surface area contributed by atoms with Gasteiger partial charge in [-0.3, -0.25) is 4.98 Å². The molecule has 2 rings (SSSR count). The summed E-state index contributed by atoms with van der Waals surface area (Å²) in [6, 6.07) is 2.21. The zero-order chi connectivity index (χ0) is 13.9. The molecule has 1 heterocycles. The van der Waals surface area contributed by atoms with Gasteiger partial charge in [0, 0.05) is 18.4 Å². The van der Waals surface area contributed by atoms with E-state index in [4.69, 9.17) is 17.3 Å². The molecular weight excluding hydrogens is 256 g/mol. The van der Waals surface area contributed by atoms with E-state index in [1.807, 2.05) is 6.07 Å². The van der Waals surface area contributed by atoms with Crippen LogP contribution in [0.1, 0.15) is 51.5 Å². The summed E-state index contributed by atoms with van der Waals surface area (Å²) in [5, 5.41) is 0.746. The van der Waals surface area contributed by atoms with Gasteiger partial charge in [0.15, 0.2) is 0 Å². The van der Waals surface area contributed by atoms with Crippen LogP contribution in [0.25, 0.3) is 0 Å². The van der Waals surface area contributed by atoms with Crippen molar-refractivity contribution >= 4 is 11.6 Å². The second kappa shape index (κ2) is 6.23. The summed E-state index contributed by atoms with van der Waals surface area (Å²) < 4.78 is 0. The Bertz CT molecular complexity index is 411. The van der Waals surface area contributed by atoms with E-state index in [9.17, 15) is 0 Å². The molecule has 0 saturated heterocycles. The molecule has 1 unspecified atom stereocenters. The van der Waals surface area contributed by atoms with Crippen LogP contribution in [-0.4, -0.2) is 11.0 Å². The first kappa shape index (κ1) is 14.8. The Morgan fingerprint density at radius 1 is 1.37 bits per heavy atom. The van der Waals surface area contributed by atoms with Gasteiger partial charge in [0.1, 0.15) is 0 Å². The molecule has 0 radical (unpaired) electrons. The van der Waals surface area contributed by atoms with Gasteiger partial charge in [-0.2, -0.15) is 0 Å². The maximum Gasteiger partial charge on any atom is 0.0621 e. The van der Waals surface area contributed by atoms with Crippen molar-refractivity contribution in [3.05, 3.63) is 29.0 Å². The van der Waals surface area contributed by atoms with Crippen molar-refractivity contribution < 1.29 is 0 Å². The van der Waals surface area contributed by atoms with Gasteiger partial charge in [-0.05, 0) is 48.6 Å². The first-order valence-corrected chi connectivity index (χ1v) is 7.75. The number of halogens is 1. The maximum atomic E-state index is 6.58. The lowest BCUT2D eigenvalue weighted by atomic mass is 9.71. The topological polar surface area (TPSA) is 38.9 Å². The zero-order valence-corrected chi connectivity index (χ0v) is 12.8. The first-order chi connectivity index (χ1) is 9.03. The van der Waals surface area contributed by atoms with E-state index in [1.54, 1.807) is 12.4 Å². The lowest BCUT2D eigenvalue weighted by Gasteiger charge is -2.37. The molecule has 1 saturated carbocycles. The second-order valence-electron chi connectivity index (χ2n) is 6.45. The van der Waals surface area contributed by atoms with Gasteiger partial charge >= 0.3 is 0 Å². The van der Waals surface area contributed by atoms with Crippen LogP contribution in [0, 0.1) is 11.3 Å². The average molecular weight is 281 g/mol. The van der Waals surface area contributed by atoms with E-state index in [0.717, 1.165) is 17.0 Å². The van der Waals surface area contributed by atoms with Crippen LogP contribution >= 0.6 is 11.6 Å². The SMILES string of the molecule is CC(C)CC1(C(N)Cc2ccncc2Cl)CCCC1. The Balaban J connectivity index is 2.12. The quantitative estimate of drug-likeness (QED) is 0.877. The van der Waals surface area contributed by atoms with Crippen molar-refractivity contribution in [3.8, 4) is 0 Å². The number of nitrogens with zero attached hydrogens (tertiary/aromatic N) is 1. The van der Waals surface area contributed by atoms with E-state index in [1.165, 1.54) is 32.1 Å². The van der Waals surface area contributed by atoms with Crippen LogP contribution in [-0.2, 0) is 6.42 Å². The van der Waals surface area contributed by atoms with Crippen molar-refractivity contribution in [2.45, 2.75) is 58.4 Å². The molecule has 0 spiro atoms. The molecule has 19 heavy (non-hydrogen) atoms. The van der Waals surface area contributed by atoms with E-state index >= 15 is 0 Å². The monoisotopic (exact) mass is 280 g/mol. The van der Waals surface area contributed by atoms with E-state index in [-0.39, 0.29) is 6.04 Å². The largest absolute Gasteiger partial charge is 0.327 e. The van der Waals surface area contributed by atoms with Gasteiger partial charge in [0.2, 0.25) is 0 Å². The van der Waals surface area contributed by atoms with Gasteiger partial charge in [-0.15, -0.1) is 0 Å². The normalized spacial score (nSPS) is 19.8. The van der Waals surface area contributed by atoms with Crippen molar-refractivity contribution in [2.75, 3.05) is 0 Å². The number of rotatable bonds is 5. The molecule has 1 atom stereocenters. The molecule has 106 valence electrons. The minimum atomic E-state index is 0.206. The van der Waals surface area contributed by atoms with Gasteiger partial charge in [0.05, 0.1) is 5.02 Å². The number of aromatic nitrogens is 1. The van der Waals surface area contributed by atoms with Crippen molar-refractivity contribution in [1.29, 1.82) is 0 Å². The fraction of sp³-hybridized carbons (Fsp3) is 0.688. The van der Waals surface area contributed by atoms with Crippen LogP contribution in [0.3, 0.4) is 0 Å². The highest BCUT2D eigenvalue weighted by Gasteiger charge is 2.39. The summed E-state index contributed by atoms with van der Waals surface area (Å²) in [6.07, 6.45) is 10.8. The van der Waals surface area contributed by atoms with E-state index in [2.05, 4.69) is 18.8 Å². The highest BCUT2D eigenvalue weighted by molar-refractivity contribution is 6.31. The van der Waals surface area contributed by atoms with Gasteiger partial charge < -0.3 is 5.73 Å². The molecule has 1 aliphatic rings. The lowest BCUT2D eigenvalue weighted by molar-refractivity contribution is 0.181. The minimum absolute atomic E-state index is 0.206. The zero-order valence-electron chi connectivity index (χ0n) is 12.0. The van der Waals surface area contributed by atoms with Crippen LogP contribution in [0.5, 0.6) is 0 Å². The Morgan fingerprint density at radius 3 is 2.63 bits per heavy atom. The summed E-state index contributed by atoms with van der Waals surface area (Å²) in [5.74, 6) is 0.706. The molecule has 1 aromatic rings. The molecule has 2 N–H and O–H groups in total. The Kier molecular flexibility index (Phi) is 4.86. The first-order valence-electron chi connectivity index (χ1n) is 7.37. The Morgan fingerprint density at radius 2 is 2.05 bits per heavy atom. The molecule has 0 aliphatic heterocycles. The van der Waals surface area contributed by atoms with E-state index < -0.39 is 0 Å². The fourth-order valence-corrected chi connectivity index (χ4v) is 3.84. The smallest absolute Gasteiger partial charge is 0.0621 e. The third-order valence-electron chi connectivity index (χ3n) is 4.50. The second-order valence-corrected chi connectivity index (χ2v) is 6.85. The van der Waals surface area contributed by atoms with Crippen LogP contribution in [0.2, 0.25) is 5.02 Å². The average Bonchev–Trinajstić information content (AvgIpc) is 2.81. The number of hydrogen-bond acceptors (Lipinski definition) is 2. The van der Waals surface area contributed by atoms with Crippen LogP contribution in [0.4, 0.5) is 0 Å². The van der Waals surface area contributed by atoms with Crippen molar-refractivity contribution in [3.63, 3.8) is 0 Å².